The van der Waals surface area contributed by atoms with Gasteiger partial charge in [0.15, 0.2) is 12.3 Å². The zero-order chi connectivity index (χ0) is 9.68. The predicted octanol–water partition coefficient (Wildman–Crippen LogP) is 1.42. The molecule has 0 atom stereocenters. The SMILES string of the molecule is N#CCOC(=O)c1ncccc1Cl. The van der Waals surface area contributed by atoms with Crippen LogP contribution in [0.4, 0.5) is 0 Å². The van der Waals surface area contributed by atoms with Crippen LogP contribution in [0.15, 0.2) is 18.3 Å². The zero-order valence-electron chi connectivity index (χ0n) is 6.53. The first-order valence-corrected chi connectivity index (χ1v) is 3.78. The number of pyridine rings is 1. The fraction of sp³-hybridized carbons (Fsp3) is 0.125. The highest BCUT2D eigenvalue weighted by molar-refractivity contribution is 6.33. The van der Waals surface area contributed by atoms with E-state index in [0.29, 0.717) is 0 Å². The third-order valence-corrected chi connectivity index (χ3v) is 1.52. The maximum absolute atomic E-state index is 11.1. The molecule has 0 unspecified atom stereocenters. The van der Waals surface area contributed by atoms with Crippen molar-refractivity contribution in [2.75, 3.05) is 6.61 Å². The molecule has 0 amide bonds. The number of carbonyl (C=O) groups excluding carboxylic acids is 1. The van der Waals surface area contributed by atoms with Crippen LogP contribution in [0.2, 0.25) is 5.02 Å². The quantitative estimate of drug-likeness (QED) is 0.671. The Morgan fingerprint density at radius 2 is 2.54 bits per heavy atom. The number of nitrogens with zero attached hydrogens (tertiary/aromatic N) is 2. The minimum Gasteiger partial charge on any atom is -0.446 e. The number of hydrogen-bond acceptors (Lipinski definition) is 4. The smallest absolute Gasteiger partial charge is 0.359 e. The molecule has 0 aromatic carbocycles. The fourth-order valence-corrected chi connectivity index (χ4v) is 0.901. The maximum Gasteiger partial charge on any atom is 0.359 e. The standard InChI is InChI=1S/C8H5ClN2O2/c9-6-2-1-4-11-7(6)8(12)13-5-3-10/h1-2,4H,5H2. The first-order chi connectivity index (χ1) is 6.25. The Morgan fingerprint density at radius 1 is 1.77 bits per heavy atom. The van der Waals surface area contributed by atoms with Crippen molar-refractivity contribution in [2.24, 2.45) is 0 Å². The molecule has 0 bridgehead atoms. The Labute approximate surface area is 79.7 Å². The Bertz CT molecular complexity index is 359. The van der Waals surface area contributed by atoms with E-state index in [0.717, 1.165) is 0 Å². The second-order valence-electron chi connectivity index (χ2n) is 2.07. The summed E-state index contributed by atoms with van der Waals surface area (Å²) < 4.78 is 4.51. The summed E-state index contributed by atoms with van der Waals surface area (Å²) in [6, 6.07) is 4.80. The van der Waals surface area contributed by atoms with Crippen LogP contribution in [-0.2, 0) is 4.74 Å². The summed E-state index contributed by atoms with van der Waals surface area (Å²) in [7, 11) is 0. The molecule has 0 aliphatic rings. The molecule has 1 rings (SSSR count). The van der Waals surface area contributed by atoms with Crippen LogP contribution in [0, 0.1) is 11.3 Å². The molecular formula is C8H5ClN2O2. The number of esters is 1. The topological polar surface area (TPSA) is 63.0 Å². The molecule has 1 aromatic heterocycles. The van der Waals surface area contributed by atoms with Crippen molar-refractivity contribution in [3.63, 3.8) is 0 Å². The predicted molar refractivity (Wildman–Crippen MR) is 45.1 cm³/mol. The van der Waals surface area contributed by atoms with Gasteiger partial charge in [0, 0.05) is 6.20 Å². The number of halogens is 1. The third kappa shape index (κ3) is 2.42. The molecule has 0 N–H and O–H groups in total. The van der Waals surface area contributed by atoms with Crippen molar-refractivity contribution in [2.45, 2.75) is 0 Å². The fourth-order valence-electron chi connectivity index (χ4n) is 0.702. The van der Waals surface area contributed by atoms with Gasteiger partial charge < -0.3 is 4.74 Å². The van der Waals surface area contributed by atoms with E-state index in [9.17, 15) is 4.79 Å². The average molecular weight is 197 g/mol. The van der Waals surface area contributed by atoms with E-state index in [1.54, 1.807) is 12.1 Å². The number of rotatable bonds is 2. The van der Waals surface area contributed by atoms with Crippen LogP contribution < -0.4 is 0 Å². The van der Waals surface area contributed by atoms with Crippen molar-refractivity contribution in [3.8, 4) is 6.07 Å². The first-order valence-electron chi connectivity index (χ1n) is 3.40. The number of hydrogen-bond donors (Lipinski definition) is 0. The number of carbonyl (C=O) groups is 1. The highest BCUT2D eigenvalue weighted by Crippen LogP contribution is 2.12. The molecule has 5 heteroatoms. The Kier molecular flexibility index (Phi) is 3.23. The van der Waals surface area contributed by atoms with Crippen LogP contribution in [0.1, 0.15) is 10.5 Å². The Hall–Kier alpha value is -1.60. The van der Waals surface area contributed by atoms with E-state index in [4.69, 9.17) is 16.9 Å². The summed E-state index contributed by atoms with van der Waals surface area (Å²) in [6.45, 7) is -0.300. The second-order valence-corrected chi connectivity index (χ2v) is 2.48. The molecule has 0 fully saturated rings. The lowest BCUT2D eigenvalue weighted by atomic mass is 10.3. The van der Waals surface area contributed by atoms with E-state index >= 15 is 0 Å². The highest BCUT2D eigenvalue weighted by atomic mass is 35.5. The van der Waals surface area contributed by atoms with Gasteiger partial charge in [-0.05, 0) is 12.1 Å². The summed E-state index contributed by atoms with van der Waals surface area (Å²) in [5.41, 5.74) is 0.0272. The molecule has 4 nitrogen and oxygen atoms in total. The largest absolute Gasteiger partial charge is 0.446 e. The Balaban J connectivity index is 2.78. The van der Waals surface area contributed by atoms with Crippen molar-refractivity contribution < 1.29 is 9.53 Å². The van der Waals surface area contributed by atoms with E-state index in [-0.39, 0.29) is 17.3 Å². The molecular weight excluding hydrogens is 192 g/mol. The lowest BCUT2D eigenvalue weighted by Gasteiger charge is -2.00. The molecule has 0 spiro atoms. The maximum atomic E-state index is 11.1. The molecule has 0 saturated heterocycles. The molecule has 13 heavy (non-hydrogen) atoms. The van der Waals surface area contributed by atoms with Crippen LogP contribution >= 0.6 is 11.6 Å². The van der Waals surface area contributed by atoms with Gasteiger partial charge in [0.25, 0.3) is 0 Å². The Morgan fingerprint density at radius 3 is 3.15 bits per heavy atom. The molecule has 66 valence electrons. The molecule has 0 saturated carbocycles. The van der Waals surface area contributed by atoms with Crippen LogP contribution in [-0.4, -0.2) is 17.6 Å². The molecule has 0 radical (unpaired) electrons. The van der Waals surface area contributed by atoms with Crippen LogP contribution in [0.25, 0.3) is 0 Å². The summed E-state index contributed by atoms with van der Waals surface area (Å²) >= 11 is 5.65. The van der Waals surface area contributed by atoms with Crippen LogP contribution in [0.3, 0.4) is 0 Å². The van der Waals surface area contributed by atoms with Crippen molar-refractivity contribution in [1.82, 2.24) is 4.98 Å². The second kappa shape index (κ2) is 4.43. The van der Waals surface area contributed by atoms with Crippen LogP contribution in [0.5, 0.6) is 0 Å². The van der Waals surface area contributed by atoms with E-state index < -0.39 is 5.97 Å². The van der Waals surface area contributed by atoms with Crippen molar-refractivity contribution in [1.29, 1.82) is 5.26 Å². The summed E-state index contributed by atoms with van der Waals surface area (Å²) in [6.07, 6.45) is 1.43. The third-order valence-electron chi connectivity index (χ3n) is 1.22. The van der Waals surface area contributed by atoms with E-state index in [2.05, 4.69) is 9.72 Å². The van der Waals surface area contributed by atoms with Gasteiger partial charge in [-0.2, -0.15) is 5.26 Å². The van der Waals surface area contributed by atoms with Gasteiger partial charge >= 0.3 is 5.97 Å². The van der Waals surface area contributed by atoms with Gasteiger partial charge in [-0.3, -0.25) is 0 Å². The molecule has 1 aromatic rings. The summed E-state index contributed by atoms with van der Waals surface area (Å²) in [5.74, 6) is -0.688. The minimum absolute atomic E-state index is 0.0272. The zero-order valence-corrected chi connectivity index (χ0v) is 7.28. The van der Waals surface area contributed by atoms with Gasteiger partial charge in [-0.15, -0.1) is 0 Å². The molecule has 0 aliphatic heterocycles. The first kappa shape index (κ1) is 9.49. The average Bonchev–Trinajstić information content (AvgIpc) is 2.15. The normalized spacial score (nSPS) is 8.92. The van der Waals surface area contributed by atoms with E-state index in [1.165, 1.54) is 12.3 Å². The van der Waals surface area contributed by atoms with Gasteiger partial charge in [-0.25, -0.2) is 9.78 Å². The lowest BCUT2D eigenvalue weighted by molar-refractivity contribution is 0.0548. The number of nitriles is 1. The summed E-state index contributed by atoms with van der Waals surface area (Å²) in [5, 5.41) is 8.36. The van der Waals surface area contributed by atoms with Crippen molar-refractivity contribution >= 4 is 17.6 Å². The summed E-state index contributed by atoms with van der Waals surface area (Å²) in [4.78, 5) is 14.8. The van der Waals surface area contributed by atoms with Gasteiger partial charge in [0.2, 0.25) is 0 Å². The van der Waals surface area contributed by atoms with Crippen molar-refractivity contribution in [3.05, 3.63) is 29.0 Å². The van der Waals surface area contributed by atoms with Gasteiger partial charge in [0.1, 0.15) is 6.07 Å². The molecule has 0 aliphatic carbocycles. The monoisotopic (exact) mass is 196 g/mol. The van der Waals surface area contributed by atoms with E-state index in [1.807, 2.05) is 0 Å². The highest BCUT2D eigenvalue weighted by Gasteiger charge is 2.11. The van der Waals surface area contributed by atoms with Gasteiger partial charge in [-0.1, -0.05) is 11.6 Å². The van der Waals surface area contributed by atoms with Gasteiger partial charge in [0.05, 0.1) is 5.02 Å². The minimum atomic E-state index is -0.688. The number of aromatic nitrogens is 1. The molecule has 1 heterocycles. The lowest BCUT2D eigenvalue weighted by Crippen LogP contribution is -2.07. The number of ether oxygens (including phenoxy) is 1.